The minimum atomic E-state index is -0.768. The molecule has 1 aromatic heterocycles. The summed E-state index contributed by atoms with van der Waals surface area (Å²) in [5, 5.41) is 15.7. The molecular weight excluding hydrogens is 262 g/mol. The van der Waals surface area contributed by atoms with Gasteiger partial charge in [-0.05, 0) is 19.8 Å². The van der Waals surface area contributed by atoms with Crippen molar-refractivity contribution in [1.29, 1.82) is 0 Å². The van der Waals surface area contributed by atoms with Crippen LogP contribution in [0, 0.1) is 12.8 Å². The van der Waals surface area contributed by atoms with Crippen LogP contribution in [-0.4, -0.2) is 46.7 Å². The first-order valence-electron chi connectivity index (χ1n) is 6.69. The molecule has 0 spiro atoms. The Kier molecular flexibility index (Phi) is 4.73. The number of piperidine rings is 1. The SMILES string of the molecule is Cc1cc(CNCC(=O)N2CCC(C(=O)O)CC2)on1. The number of carboxylic acid groups (broad SMARTS) is 1. The molecule has 110 valence electrons. The van der Waals surface area contributed by atoms with E-state index >= 15 is 0 Å². The summed E-state index contributed by atoms with van der Waals surface area (Å²) in [6.07, 6.45) is 1.06. The molecule has 2 heterocycles. The third kappa shape index (κ3) is 3.80. The van der Waals surface area contributed by atoms with Crippen molar-refractivity contribution in [3.8, 4) is 0 Å². The molecule has 0 aliphatic carbocycles. The van der Waals surface area contributed by atoms with Crippen LogP contribution in [0.2, 0.25) is 0 Å². The molecule has 1 aliphatic heterocycles. The standard InChI is InChI=1S/C13H19N3O4/c1-9-6-11(20-15-9)7-14-8-12(17)16-4-2-10(3-5-16)13(18)19/h6,10,14H,2-5,7-8H2,1H3,(H,18,19). The molecule has 1 saturated heterocycles. The molecule has 0 atom stereocenters. The Morgan fingerprint density at radius 3 is 2.75 bits per heavy atom. The van der Waals surface area contributed by atoms with Crippen molar-refractivity contribution < 1.29 is 19.2 Å². The number of nitrogens with one attached hydrogen (secondary N) is 1. The van der Waals surface area contributed by atoms with Crippen molar-refractivity contribution in [1.82, 2.24) is 15.4 Å². The molecule has 7 heteroatoms. The second kappa shape index (κ2) is 6.51. The average Bonchev–Trinajstić information content (AvgIpc) is 2.84. The molecule has 0 saturated carbocycles. The summed E-state index contributed by atoms with van der Waals surface area (Å²) >= 11 is 0. The van der Waals surface area contributed by atoms with Gasteiger partial charge in [0.15, 0.2) is 5.76 Å². The van der Waals surface area contributed by atoms with Crippen LogP contribution in [0.5, 0.6) is 0 Å². The van der Waals surface area contributed by atoms with E-state index in [1.54, 1.807) is 4.90 Å². The predicted octanol–water partition coefficient (Wildman–Crippen LogP) is 0.396. The molecule has 1 amide bonds. The molecule has 1 aliphatic rings. The van der Waals surface area contributed by atoms with Crippen molar-refractivity contribution in [2.45, 2.75) is 26.3 Å². The van der Waals surface area contributed by atoms with Gasteiger partial charge < -0.3 is 19.8 Å². The van der Waals surface area contributed by atoms with Gasteiger partial charge in [0.2, 0.25) is 5.91 Å². The lowest BCUT2D eigenvalue weighted by Crippen LogP contribution is -2.43. The molecule has 1 fully saturated rings. The topological polar surface area (TPSA) is 95.7 Å². The number of aliphatic carboxylic acids is 1. The summed E-state index contributed by atoms with van der Waals surface area (Å²) in [5.74, 6) is -0.398. The van der Waals surface area contributed by atoms with E-state index in [9.17, 15) is 9.59 Å². The maximum atomic E-state index is 11.9. The number of aryl methyl sites for hydroxylation is 1. The van der Waals surface area contributed by atoms with E-state index in [1.165, 1.54) is 0 Å². The highest BCUT2D eigenvalue weighted by molar-refractivity contribution is 5.78. The average molecular weight is 281 g/mol. The smallest absolute Gasteiger partial charge is 0.306 e. The number of hydrogen-bond donors (Lipinski definition) is 2. The van der Waals surface area contributed by atoms with Crippen LogP contribution in [-0.2, 0) is 16.1 Å². The number of carboxylic acids is 1. The highest BCUT2D eigenvalue weighted by atomic mass is 16.5. The number of amides is 1. The van der Waals surface area contributed by atoms with Gasteiger partial charge in [0.1, 0.15) is 0 Å². The van der Waals surface area contributed by atoms with Crippen molar-refractivity contribution in [2.24, 2.45) is 5.92 Å². The lowest BCUT2D eigenvalue weighted by molar-refractivity contribution is -0.145. The van der Waals surface area contributed by atoms with Crippen LogP contribution in [0.3, 0.4) is 0 Å². The third-order valence-corrected chi connectivity index (χ3v) is 3.45. The summed E-state index contributed by atoms with van der Waals surface area (Å²) < 4.78 is 5.03. The first kappa shape index (κ1) is 14.5. The maximum Gasteiger partial charge on any atom is 0.306 e. The zero-order valence-corrected chi connectivity index (χ0v) is 11.5. The number of hydrogen-bond acceptors (Lipinski definition) is 5. The second-order valence-corrected chi connectivity index (χ2v) is 5.03. The molecule has 0 aromatic carbocycles. The Morgan fingerprint density at radius 2 is 2.20 bits per heavy atom. The highest BCUT2D eigenvalue weighted by Gasteiger charge is 2.26. The fourth-order valence-electron chi connectivity index (χ4n) is 2.28. The Morgan fingerprint density at radius 1 is 1.50 bits per heavy atom. The van der Waals surface area contributed by atoms with Crippen LogP contribution < -0.4 is 5.32 Å². The van der Waals surface area contributed by atoms with Gasteiger partial charge in [-0.1, -0.05) is 5.16 Å². The summed E-state index contributed by atoms with van der Waals surface area (Å²) in [5.41, 5.74) is 0.809. The van der Waals surface area contributed by atoms with Gasteiger partial charge in [0.25, 0.3) is 0 Å². The van der Waals surface area contributed by atoms with Gasteiger partial charge in [-0.2, -0.15) is 0 Å². The molecule has 20 heavy (non-hydrogen) atoms. The molecule has 7 nitrogen and oxygen atoms in total. The normalized spacial score (nSPS) is 16.4. The van der Waals surface area contributed by atoms with Crippen molar-refractivity contribution in [3.05, 3.63) is 17.5 Å². The van der Waals surface area contributed by atoms with Gasteiger partial charge in [0.05, 0.1) is 24.7 Å². The second-order valence-electron chi connectivity index (χ2n) is 5.03. The van der Waals surface area contributed by atoms with Gasteiger partial charge >= 0.3 is 5.97 Å². The Labute approximate surface area is 116 Å². The summed E-state index contributed by atoms with van der Waals surface area (Å²) in [6, 6.07) is 1.82. The number of carbonyl (C=O) groups excluding carboxylic acids is 1. The Balaban J connectivity index is 1.69. The summed E-state index contributed by atoms with van der Waals surface area (Å²) in [7, 11) is 0. The van der Waals surface area contributed by atoms with E-state index in [0.29, 0.717) is 38.2 Å². The number of rotatable bonds is 5. The van der Waals surface area contributed by atoms with Gasteiger partial charge in [0, 0.05) is 19.2 Å². The quantitative estimate of drug-likeness (QED) is 0.811. The van der Waals surface area contributed by atoms with Crippen molar-refractivity contribution in [2.75, 3.05) is 19.6 Å². The molecular formula is C13H19N3O4. The first-order valence-corrected chi connectivity index (χ1v) is 6.69. The number of aromatic nitrogens is 1. The number of carbonyl (C=O) groups is 2. The van der Waals surface area contributed by atoms with E-state index in [0.717, 1.165) is 5.69 Å². The number of likely N-dealkylation sites (tertiary alicyclic amines) is 1. The molecule has 2 rings (SSSR count). The molecule has 0 bridgehead atoms. The zero-order valence-electron chi connectivity index (χ0n) is 11.5. The van der Waals surface area contributed by atoms with E-state index in [4.69, 9.17) is 9.63 Å². The van der Waals surface area contributed by atoms with Crippen molar-refractivity contribution >= 4 is 11.9 Å². The first-order chi connectivity index (χ1) is 9.56. The lowest BCUT2D eigenvalue weighted by Gasteiger charge is -2.30. The minimum Gasteiger partial charge on any atom is -0.481 e. The van der Waals surface area contributed by atoms with E-state index in [-0.39, 0.29) is 18.4 Å². The predicted molar refractivity (Wildman–Crippen MR) is 69.9 cm³/mol. The summed E-state index contributed by atoms with van der Waals surface area (Å²) in [6.45, 7) is 3.54. The lowest BCUT2D eigenvalue weighted by atomic mass is 9.97. The fourth-order valence-corrected chi connectivity index (χ4v) is 2.28. The highest BCUT2D eigenvalue weighted by Crippen LogP contribution is 2.17. The van der Waals surface area contributed by atoms with Crippen LogP contribution in [0.15, 0.2) is 10.6 Å². The molecule has 0 radical (unpaired) electrons. The Hall–Kier alpha value is -1.89. The van der Waals surface area contributed by atoms with Crippen LogP contribution in [0.25, 0.3) is 0 Å². The Bertz CT molecular complexity index is 478. The number of nitrogens with zero attached hydrogens (tertiary/aromatic N) is 2. The monoisotopic (exact) mass is 281 g/mol. The largest absolute Gasteiger partial charge is 0.481 e. The van der Waals surface area contributed by atoms with Crippen molar-refractivity contribution in [3.63, 3.8) is 0 Å². The van der Waals surface area contributed by atoms with Gasteiger partial charge in [-0.15, -0.1) is 0 Å². The summed E-state index contributed by atoms with van der Waals surface area (Å²) in [4.78, 5) is 24.5. The fraction of sp³-hybridized carbons (Fsp3) is 0.615. The van der Waals surface area contributed by atoms with Gasteiger partial charge in [-0.3, -0.25) is 9.59 Å². The molecule has 1 aromatic rings. The zero-order chi connectivity index (χ0) is 14.5. The van der Waals surface area contributed by atoms with Crippen LogP contribution >= 0.6 is 0 Å². The van der Waals surface area contributed by atoms with Crippen LogP contribution in [0.1, 0.15) is 24.3 Å². The van der Waals surface area contributed by atoms with Crippen LogP contribution in [0.4, 0.5) is 0 Å². The van der Waals surface area contributed by atoms with Gasteiger partial charge in [-0.25, -0.2) is 0 Å². The van der Waals surface area contributed by atoms with E-state index in [2.05, 4.69) is 10.5 Å². The molecule has 0 unspecified atom stereocenters. The maximum absolute atomic E-state index is 11.9. The minimum absolute atomic E-state index is 0.00919. The van der Waals surface area contributed by atoms with E-state index in [1.807, 2.05) is 13.0 Å². The van der Waals surface area contributed by atoms with E-state index < -0.39 is 5.97 Å². The third-order valence-electron chi connectivity index (χ3n) is 3.45. The molecule has 2 N–H and O–H groups in total.